The van der Waals surface area contributed by atoms with Crippen molar-refractivity contribution >= 4 is 17.8 Å². The standard InChI is InChI=1S/C19H31N3O3/c1-3-14-9-11-19(12-10-14)17(24)22(18(25)20-19)13-16(23)21(4-2)15-7-5-6-8-15/h14-15H,3-13H2,1-2H3,(H,20,25). The van der Waals surface area contributed by atoms with E-state index in [1.165, 1.54) is 0 Å². The molecule has 1 aliphatic heterocycles. The first kappa shape index (κ1) is 18.2. The molecule has 3 aliphatic rings. The van der Waals surface area contributed by atoms with E-state index in [1.807, 2.05) is 11.8 Å². The van der Waals surface area contributed by atoms with Crippen molar-refractivity contribution in [3.05, 3.63) is 0 Å². The van der Waals surface area contributed by atoms with Crippen LogP contribution in [0, 0.1) is 5.92 Å². The molecule has 140 valence electrons. The van der Waals surface area contributed by atoms with Crippen molar-refractivity contribution in [2.24, 2.45) is 5.92 Å². The third-order valence-electron chi connectivity index (χ3n) is 6.50. The molecule has 2 saturated carbocycles. The van der Waals surface area contributed by atoms with Crippen LogP contribution in [0.3, 0.4) is 0 Å². The molecule has 1 spiro atoms. The molecule has 0 unspecified atom stereocenters. The summed E-state index contributed by atoms with van der Waals surface area (Å²) in [7, 11) is 0. The lowest BCUT2D eigenvalue weighted by Gasteiger charge is -2.34. The summed E-state index contributed by atoms with van der Waals surface area (Å²) in [5, 5.41) is 2.91. The fourth-order valence-corrected chi connectivity index (χ4v) is 4.82. The minimum atomic E-state index is -0.757. The predicted molar refractivity (Wildman–Crippen MR) is 94.9 cm³/mol. The number of rotatable bonds is 5. The average Bonchev–Trinajstić information content (AvgIpc) is 3.20. The molecule has 25 heavy (non-hydrogen) atoms. The van der Waals surface area contributed by atoms with Crippen molar-refractivity contribution in [1.29, 1.82) is 0 Å². The van der Waals surface area contributed by atoms with E-state index in [9.17, 15) is 14.4 Å². The van der Waals surface area contributed by atoms with Crippen LogP contribution in [0.2, 0.25) is 0 Å². The van der Waals surface area contributed by atoms with Crippen LogP contribution in [0.15, 0.2) is 0 Å². The van der Waals surface area contributed by atoms with Gasteiger partial charge in [0.1, 0.15) is 12.1 Å². The number of carbonyl (C=O) groups excluding carboxylic acids is 3. The molecule has 6 heteroatoms. The number of amides is 4. The summed E-state index contributed by atoms with van der Waals surface area (Å²) in [6.07, 6.45) is 8.80. The van der Waals surface area contributed by atoms with Gasteiger partial charge in [-0.3, -0.25) is 14.5 Å². The Bertz CT molecular complexity index is 534. The van der Waals surface area contributed by atoms with Gasteiger partial charge in [-0.15, -0.1) is 0 Å². The highest BCUT2D eigenvalue weighted by Crippen LogP contribution is 2.37. The van der Waals surface area contributed by atoms with Gasteiger partial charge in [0.25, 0.3) is 5.91 Å². The topological polar surface area (TPSA) is 69.7 Å². The summed E-state index contributed by atoms with van der Waals surface area (Å²) in [5.41, 5.74) is -0.757. The van der Waals surface area contributed by atoms with E-state index >= 15 is 0 Å². The summed E-state index contributed by atoms with van der Waals surface area (Å²) in [6.45, 7) is 4.66. The predicted octanol–water partition coefficient (Wildman–Crippen LogP) is 2.67. The van der Waals surface area contributed by atoms with Gasteiger partial charge >= 0.3 is 6.03 Å². The van der Waals surface area contributed by atoms with E-state index in [1.54, 1.807) is 0 Å². The van der Waals surface area contributed by atoms with Crippen LogP contribution < -0.4 is 5.32 Å². The first-order valence-electron chi connectivity index (χ1n) is 9.94. The molecule has 3 fully saturated rings. The Hall–Kier alpha value is -1.59. The highest BCUT2D eigenvalue weighted by atomic mass is 16.2. The van der Waals surface area contributed by atoms with Crippen molar-refractivity contribution < 1.29 is 14.4 Å². The van der Waals surface area contributed by atoms with Gasteiger partial charge < -0.3 is 10.2 Å². The zero-order valence-corrected chi connectivity index (χ0v) is 15.6. The second-order valence-electron chi connectivity index (χ2n) is 7.87. The van der Waals surface area contributed by atoms with E-state index in [0.717, 1.165) is 49.8 Å². The number of hydrogen-bond donors (Lipinski definition) is 1. The Kier molecular flexibility index (Phi) is 5.35. The monoisotopic (exact) mass is 349 g/mol. The molecule has 0 aromatic heterocycles. The van der Waals surface area contributed by atoms with Gasteiger partial charge in [0, 0.05) is 12.6 Å². The lowest BCUT2D eigenvalue weighted by Crippen LogP contribution is -2.50. The fourth-order valence-electron chi connectivity index (χ4n) is 4.82. The largest absolute Gasteiger partial charge is 0.338 e. The summed E-state index contributed by atoms with van der Waals surface area (Å²) in [5.74, 6) is 0.351. The molecule has 3 rings (SSSR count). The molecule has 4 amide bonds. The number of imide groups is 1. The fraction of sp³-hybridized carbons (Fsp3) is 0.842. The van der Waals surface area contributed by atoms with Crippen LogP contribution in [-0.2, 0) is 9.59 Å². The SMILES string of the molecule is CCC1CCC2(CC1)NC(=O)N(CC(=O)N(CC)C1CCCC1)C2=O. The lowest BCUT2D eigenvalue weighted by atomic mass is 9.75. The number of urea groups is 1. The maximum absolute atomic E-state index is 12.9. The van der Waals surface area contributed by atoms with Gasteiger partial charge in [-0.05, 0) is 51.4 Å². The maximum atomic E-state index is 12.9. The smallest absolute Gasteiger partial charge is 0.325 e. The number of hydrogen-bond acceptors (Lipinski definition) is 3. The van der Waals surface area contributed by atoms with Gasteiger partial charge in [0.2, 0.25) is 5.91 Å². The van der Waals surface area contributed by atoms with Crippen LogP contribution in [-0.4, -0.2) is 52.3 Å². The van der Waals surface area contributed by atoms with E-state index in [-0.39, 0.29) is 24.4 Å². The van der Waals surface area contributed by atoms with Crippen molar-refractivity contribution in [2.75, 3.05) is 13.1 Å². The van der Waals surface area contributed by atoms with Crippen molar-refractivity contribution in [3.8, 4) is 0 Å². The minimum absolute atomic E-state index is 0.0998. The van der Waals surface area contributed by atoms with E-state index in [4.69, 9.17) is 0 Å². The van der Waals surface area contributed by atoms with E-state index in [2.05, 4.69) is 12.2 Å². The highest BCUT2D eigenvalue weighted by molar-refractivity contribution is 6.09. The molecule has 0 atom stereocenters. The Labute approximate surface area is 150 Å². The molecular weight excluding hydrogens is 318 g/mol. The van der Waals surface area contributed by atoms with Crippen LogP contribution in [0.4, 0.5) is 4.79 Å². The van der Waals surface area contributed by atoms with Crippen LogP contribution in [0.5, 0.6) is 0 Å². The van der Waals surface area contributed by atoms with Gasteiger partial charge in [-0.2, -0.15) is 0 Å². The number of likely N-dealkylation sites (N-methyl/N-ethyl adjacent to an activating group) is 1. The Morgan fingerprint density at radius 1 is 1.16 bits per heavy atom. The molecule has 1 saturated heterocycles. The second-order valence-corrected chi connectivity index (χ2v) is 7.87. The zero-order chi connectivity index (χ0) is 18.0. The Morgan fingerprint density at radius 2 is 1.80 bits per heavy atom. The summed E-state index contributed by atoms with van der Waals surface area (Å²) in [4.78, 5) is 41.1. The van der Waals surface area contributed by atoms with Crippen LogP contribution in [0.1, 0.15) is 71.6 Å². The number of nitrogens with zero attached hydrogens (tertiary/aromatic N) is 2. The highest BCUT2D eigenvalue weighted by Gasteiger charge is 2.52. The average molecular weight is 349 g/mol. The van der Waals surface area contributed by atoms with Crippen molar-refractivity contribution in [1.82, 2.24) is 15.1 Å². The number of carbonyl (C=O) groups is 3. The van der Waals surface area contributed by atoms with Gasteiger partial charge in [0.15, 0.2) is 0 Å². The summed E-state index contributed by atoms with van der Waals surface area (Å²) < 4.78 is 0. The van der Waals surface area contributed by atoms with Crippen molar-refractivity contribution in [3.63, 3.8) is 0 Å². The third kappa shape index (κ3) is 3.40. The second kappa shape index (κ2) is 7.34. The lowest BCUT2D eigenvalue weighted by molar-refractivity contribution is -0.140. The first-order chi connectivity index (χ1) is 12.0. The molecule has 0 aromatic carbocycles. The number of nitrogens with one attached hydrogen (secondary N) is 1. The van der Waals surface area contributed by atoms with Gasteiger partial charge in [-0.25, -0.2) is 4.79 Å². The Morgan fingerprint density at radius 3 is 2.36 bits per heavy atom. The quantitative estimate of drug-likeness (QED) is 0.776. The third-order valence-corrected chi connectivity index (χ3v) is 6.50. The molecule has 2 aliphatic carbocycles. The molecule has 1 heterocycles. The van der Waals surface area contributed by atoms with Crippen LogP contribution >= 0.6 is 0 Å². The molecule has 0 radical (unpaired) electrons. The van der Waals surface area contributed by atoms with Gasteiger partial charge in [0.05, 0.1) is 0 Å². The van der Waals surface area contributed by atoms with Crippen molar-refractivity contribution in [2.45, 2.75) is 83.2 Å². The normalized spacial score (nSPS) is 30.2. The summed E-state index contributed by atoms with van der Waals surface area (Å²) in [6, 6.07) is -0.122. The molecule has 6 nitrogen and oxygen atoms in total. The maximum Gasteiger partial charge on any atom is 0.325 e. The molecule has 0 aromatic rings. The van der Waals surface area contributed by atoms with Crippen LogP contribution in [0.25, 0.3) is 0 Å². The minimum Gasteiger partial charge on any atom is -0.338 e. The zero-order valence-electron chi connectivity index (χ0n) is 15.6. The molecular formula is C19H31N3O3. The van der Waals surface area contributed by atoms with E-state index < -0.39 is 11.6 Å². The summed E-state index contributed by atoms with van der Waals surface area (Å²) >= 11 is 0. The van der Waals surface area contributed by atoms with E-state index in [0.29, 0.717) is 25.3 Å². The molecule has 1 N–H and O–H groups in total. The molecule has 0 bridgehead atoms. The Balaban J connectivity index is 1.65. The first-order valence-corrected chi connectivity index (χ1v) is 9.94. The van der Waals surface area contributed by atoms with Gasteiger partial charge in [-0.1, -0.05) is 26.2 Å².